The van der Waals surface area contributed by atoms with Gasteiger partial charge in [-0.15, -0.1) is 5.10 Å². The lowest BCUT2D eigenvalue weighted by atomic mass is 10.3. The van der Waals surface area contributed by atoms with E-state index in [0.29, 0.717) is 11.7 Å². The van der Waals surface area contributed by atoms with Crippen LogP contribution in [0.3, 0.4) is 0 Å². The van der Waals surface area contributed by atoms with Crippen molar-refractivity contribution in [3.05, 3.63) is 30.1 Å². The van der Waals surface area contributed by atoms with E-state index in [1.54, 1.807) is 17.1 Å². The SMILES string of the molecule is O=C(O)CSc1nnnn1Cc1ccncc1. The number of carboxylic acid groups (broad SMARTS) is 1. The van der Waals surface area contributed by atoms with Gasteiger partial charge in [0.15, 0.2) is 0 Å². The van der Waals surface area contributed by atoms with Crippen molar-refractivity contribution in [3.63, 3.8) is 0 Å². The molecule has 17 heavy (non-hydrogen) atoms. The maximum Gasteiger partial charge on any atom is 0.313 e. The summed E-state index contributed by atoms with van der Waals surface area (Å²) in [7, 11) is 0. The van der Waals surface area contributed by atoms with Crippen molar-refractivity contribution in [3.8, 4) is 0 Å². The van der Waals surface area contributed by atoms with Gasteiger partial charge in [-0.05, 0) is 28.1 Å². The van der Waals surface area contributed by atoms with E-state index in [4.69, 9.17) is 5.11 Å². The van der Waals surface area contributed by atoms with Crippen LogP contribution in [-0.2, 0) is 11.3 Å². The van der Waals surface area contributed by atoms with Gasteiger partial charge in [0.1, 0.15) is 0 Å². The maximum atomic E-state index is 10.5. The molecule has 2 aromatic heterocycles. The highest BCUT2D eigenvalue weighted by Gasteiger charge is 2.09. The van der Waals surface area contributed by atoms with Gasteiger partial charge in [-0.2, -0.15) is 0 Å². The minimum absolute atomic E-state index is 0.0588. The molecule has 88 valence electrons. The molecule has 8 heteroatoms. The zero-order valence-electron chi connectivity index (χ0n) is 8.72. The summed E-state index contributed by atoms with van der Waals surface area (Å²) in [6.07, 6.45) is 3.37. The van der Waals surface area contributed by atoms with Gasteiger partial charge in [0.2, 0.25) is 5.16 Å². The summed E-state index contributed by atoms with van der Waals surface area (Å²) < 4.78 is 1.56. The number of nitrogens with zero attached hydrogens (tertiary/aromatic N) is 5. The monoisotopic (exact) mass is 251 g/mol. The lowest BCUT2D eigenvalue weighted by Gasteiger charge is -2.02. The van der Waals surface area contributed by atoms with Gasteiger partial charge in [0.25, 0.3) is 0 Å². The normalized spacial score (nSPS) is 10.4. The molecular formula is C9H9N5O2S. The van der Waals surface area contributed by atoms with Gasteiger partial charge >= 0.3 is 5.97 Å². The number of rotatable bonds is 5. The molecule has 0 amide bonds. The Bertz CT molecular complexity index is 501. The van der Waals surface area contributed by atoms with E-state index in [1.165, 1.54) is 0 Å². The number of carboxylic acids is 1. The van der Waals surface area contributed by atoms with Crippen LogP contribution in [0.25, 0.3) is 0 Å². The first-order valence-corrected chi connectivity index (χ1v) is 5.74. The molecule has 0 saturated heterocycles. The van der Waals surface area contributed by atoms with E-state index in [-0.39, 0.29) is 5.75 Å². The molecule has 0 bridgehead atoms. The van der Waals surface area contributed by atoms with Crippen LogP contribution in [0.1, 0.15) is 5.56 Å². The molecule has 0 fully saturated rings. The fraction of sp³-hybridized carbons (Fsp3) is 0.222. The summed E-state index contributed by atoms with van der Waals surface area (Å²) in [6.45, 7) is 0.497. The Hall–Kier alpha value is -1.96. The van der Waals surface area contributed by atoms with E-state index < -0.39 is 5.97 Å². The largest absolute Gasteiger partial charge is 0.481 e. The van der Waals surface area contributed by atoms with Gasteiger partial charge in [-0.25, -0.2) is 4.68 Å². The molecule has 7 nitrogen and oxygen atoms in total. The second-order valence-electron chi connectivity index (χ2n) is 3.16. The minimum atomic E-state index is -0.895. The summed E-state index contributed by atoms with van der Waals surface area (Å²) >= 11 is 1.09. The Morgan fingerprint density at radius 3 is 2.88 bits per heavy atom. The number of aromatic nitrogens is 5. The molecule has 0 radical (unpaired) electrons. The summed E-state index contributed by atoms with van der Waals surface area (Å²) in [5.41, 5.74) is 1.00. The second-order valence-corrected chi connectivity index (χ2v) is 4.10. The van der Waals surface area contributed by atoms with Crippen molar-refractivity contribution >= 4 is 17.7 Å². The predicted octanol–water partition coefficient (Wildman–Crippen LogP) is 0.293. The summed E-state index contributed by atoms with van der Waals surface area (Å²) in [6, 6.07) is 3.71. The molecule has 0 aromatic carbocycles. The third-order valence-electron chi connectivity index (χ3n) is 1.91. The molecule has 2 rings (SSSR count). The highest BCUT2D eigenvalue weighted by atomic mass is 32.2. The third kappa shape index (κ3) is 3.25. The van der Waals surface area contributed by atoms with Crippen LogP contribution in [-0.4, -0.2) is 42.0 Å². The smallest absolute Gasteiger partial charge is 0.313 e. The average molecular weight is 251 g/mol. The van der Waals surface area contributed by atoms with Gasteiger partial charge in [-0.3, -0.25) is 9.78 Å². The van der Waals surface area contributed by atoms with Gasteiger partial charge in [-0.1, -0.05) is 11.8 Å². The Balaban J connectivity index is 2.06. The number of tetrazole rings is 1. The van der Waals surface area contributed by atoms with Crippen LogP contribution in [0.2, 0.25) is 0 Å². The first-order valence-electron chi connectivity index (χ1n) is 4.75. The molecule has 0 aliphatic heterocycles. The fourth-order valence-corrected chi connectivity index (χ4v) is 1.78. The minimum Gasteiger partial charge on any atom is -0.481 e. The first kappa shape index (κ1) is 11.5. The number of thioether (sulfide) groups is 1. The highest BCUT2D eigenvalue weighted by Crippen LogP contribution is 2.14. The molecule has 0 saturated carbocycles. The van der Waals surface area contributed by atoms with Gasteiger partial charge in [0, 0.05) is 12.4 Å². The van der Waals surface area contributed by atoms with E-state index in [9.17, 15) is 4.79 Å². The van der Waals surface area contributed by atoms with Crippen LogP contribution in [0.4, 0.5) is 0 Å². The van der Waals surface area contributed by atoms with Crippen molar-refractivity contribution in [1.29, 1.82) is 0 Å². The van der Waals surface area contributed by atoms with Crippen LogP contribution in [0, 0.1) is 0 Å². The van der Waals surface area contributed by atoms with Crippen LogP contribution in [0.5, 0.6) is 0 Å². The molecular weight excluding hydrogens is 242 g/mol. The summed E-state index contributed by atoms with van der Waals surface area (Å²) in [5, 5.41) is 20.2. The lowest BCUT2D eigenvalue weighted by molar-refractivity contribution is -0.133. The topological polar surface area (TPSA) is 93.8 Å². The number of aliphatic carboxylic acids is 1. The quantitative estimate of drug-likeness (QED) is 0.763. The lowest BCUT2D eigenvalue weighted by Crippen LogP contribution is -2.06. The number of hydrogen-bond donors (Lipinski definition) is 1. The summed E-state index contributed by atoms with van der Waals surface area (Å²) in [4.78, 5) is 14.4. The van der Waals surface area contributed by atoms with Crippen molar-refractivity contribution in [2.24, 2.45) is 0 Å². The average Bonchev–Trinajstić information content (AvgIpc) is 2.75. The molecule has 0 spiro atoms. The van der Waals surface area contributed by atoms with Crippen molar-refractivity contribution in [2.45, 2.75) is 11.7 Å². The second kappa shape index (κ2) is 5.39. The molecule has 0 unspecified atom stereocenters. The Kier molecular flexibility index (Phi) is 3.66. The zero-order chi connectivity index (χ0) is 12.1. The van der Waals surface area contributed by atoms with Crippen LogP contribution in [0.15, 0.2) is 29.7 Å². The van der Waals surface area contributed by atoms with Gasteiger partial charge in [0.05, 0.1) is 12.3 Å². The van der Waals surface area contributed by atoms with Gasteiger partial charge < -0.3 is 5.11 Å². The molecule has 1 N–H and O–H groups in total. The standard InChI is InChI=1S/C9H9N5O2S/c15-8(16)6-17-9-11-12-13-14(9)5-7-1-3-10-4-2-7/h1-4H,5-6H2,(H,15,16). The van der Waals surface area contributed by atoms with Crippen LogP contribution >= 0.6 is 11.8 Å². The van der Waals surface area contributed by atoms with E-state index >= 15 is 0 Å². The highest BCUT2D eigenvalue weighted by molar-refractivity contribution is 7.99. The predicted molar refractivity (Wildman–Crippen MR) is 59.5 cm³/mol. The molecule has 2 aromatic rings. The summed E-state index contributed by atoms with van der Waals surface area (Å²) in [5.74, 6) is -0.954. The van der Waals surface area contributed by atoms with E-state index in [0.717, 1.165) is 17.3 Å². The number of hydrogen-bond acceptors (Lipinski definition) is 6. The molecule has 0 aliphatic rings. The van der Waals surface area contributed by atoms with Crippen molar-refractivity contribution in [1.82, 2.24) is 25.2 Å². The van der Waals surface area contributed by atoms with E-state index in [1.807, 2.05) is 12.1 Å². The third-order valence-corrected chi connectivity index (χ3v) is 2.85. The Labute approximate surface area is 101 Å². The zero-order valence-corrected chi connectivity index (χ0v) is 9.54. The number of pyridine rings is 1. The molecule has 2 heterocycles. The Morgan fingerprint density at radius 2 is 2.18 bits per heavy atom. The fourth-order valence-electron chi connectivity index (χ4n) is 1.19. The van der Waals surface area contributed by atoms with E-state index in [2.05, 4.69) is 20.5 Å². The van der Waals surface area contributed by atoms with Crippen LogP contribution < -0.4 is 0 Å². The van der Waals surface area contributed by atoms with Crippen molar-refractivity contribution < 1.29 is 9.90 Å². The first-order chi connectivity index (χ1) is 8.25. The molecule has 0 atom stereocenters. The molecule has 0 aliphatic carbocycles. The maximum absolute atomic E-state index is 10.5. The number of carbonyl (C=O) groups is 1. The van der Waals surface area contributed by atoms with Crippen molar-refractivity contribution in [2.75, 3.05) is 5.75 Å². The Morgan fingerprint density at radius 1 is 1.41 bits per heavy atom.